The molecule has 0 aromatic carbocycles. The molecule has 1 rings (SSSR count). The molecule has 17 heavy (non-hydrogen) atoms. The highest BCUT2D eigenvalue weighted by molar-refractivity contribution is 7.12. The third-order valence-corrected chi connectivity index (χ3v) is 4.38. The Morgan fingerprint density at radius 2 is 1.35 bits per heavy atom. The van der Waals surface area contributed by atoms with Gasteiger partial charge in [-0.2, -0.15) is 0 Å². The highest BCUT2D eigenvalue weighted by Crippen LogP contribution is 2.39. The van der Waals surface area contributed by atoms with Crippen LogP contribution in [0.1, 0.15) is 71.0 Å². The van der Waals surface area contributed by atoms with Gasteiger partial charge in [-0.3, -0.25) is 0 Å². The summed E-state index contributed by atoms with van der Waals surface area (Å²) >= 11 is 1.76. The minimum absolute atomic E-state index is 0.0476. The molecule has 0 spiro atoms. The second-order valence-electron chi connectivity index (χ2n) is 7.42. The van der Waals surface area contributed by atoms with Crippen molar-refractivity contribution in [3.05, 3.63) is 15.6 Å². The molecule has 0 unspecified atom stereocenters. The van der Waals surface area contributed by atoms with E-state index in [0.29, 0.717) is 0 Å². The molecule has 0 radical (unpaired) electrons. The molecule has 0 amide bonds. The summed E-state index contributed by atoms with van der Waals surface area (Å²) in [5.74, 6) is 0. The van der Waals surface area contributed by atoms with Crippen molar-refractivity contribution in [2.24, 2.45) is 5.73 Å². The van der Waals surface area contributed by atoms with Crippen molar-refractivity contribution < 1.29 is 0 Å². The molecule has 0 aliphatic heterocycles. The third kappa shape index (κ3) is 3.29. The molecule has 2 N–H and O–H groups in total. The molecule has 0 fully saturated rings. The van der Waals surface area contributed by atoms with Crippen LogP contribution in [0.25, 0.3) is 0 Å². The molecule has 0 atom stereocenters. The molecule has 2 nitrogen and oxygen atoms in total. The van der Waals surface area contributed by atoms with Gasteiger partial charge in [0.15, 0.2) is 0 Å². The van der Waals surface area contributed by atoms with Crippen LogP contribution < -0.4 is 5.73 Å². The van der Waals surface area contributed by atoms with E-state index in [-0.39, 0.29) is 16.4 Å². The van der Waals surface area contributed by atoms with E-state index < -0.39 is 0 Å². The van der Waals surface area contributed by atoms with Crippen molar-refractivity contribution in [3.8, 4) is 0 Å². The average Bonchev–Trinajstić information content (AvgIpc) is 2.42. The van der Waals surface area contributed by atoms with Crippen LogP contribution in [-0.4, -0.2) is 4.98 Å². The van der Waals surface area contributed by atoms with E-state index >= 15 is 0 Å². The summed E-state index contributed by atoms with van der Waals surface area (Å²) in [7, 11) is 0. The Kier molecular flexibility index (Phi) is 3.50. The maximum atomic E-state index is 6.28. The highest BCUT2D eigenvalue weighted by atomic mass is 32.1. The topological polar surface area (TPSA) is 38.9 Å². The fraction of sp³-hybridized carbons (Fsp3) is 0.786. The summed E-state index contributed by atoms with van der Waals surface area (Å²) in [6.45, 7) is 17.3. The van der Waals surface area contributed by atoms with Crippen LogP contribution in [-0.2, 0) is 16.4 Å². The Morgan fingerprint density at radius 3 is 1.59 bits per heavy atom. The van der Waals surface area contributed by atoms with Gasteiger partial charge in [0.25, 0.3) is 0 Å². The van der Waals surface area contributed by atoms with Crippen LogP contribution in [0, 0.1) is 0 Å². The van der Waals surface area contributed by atoms with Crippen LogP contribution >= 0.6 is 11.3 Å². The minimum atomic E-state index is -0.316. The summed E-state index contributed by atoms with van der Waals surface area (Å²) in [5, 5.41) is 1.18. The molecule has 0 aliphatic carbocycles. The van der Waals surface area contributed by atoms with Gasteiger partial charge in [-0.1, -0.05) is 41.5 Å². The van der Waals surface area contributed by atoms with Gasteiger partial charge in [0.2, 0.25) is 0 Å². The zero-order valence-corrected chi connectivity index (χ0v) is 13.2. The van der Waals surface area contributed by atoms with E-state index in [1.807, 2.05) is 0 Å². The first-order valence-electron chi connectivity index (χ1n) is 6.14. The predicted molar refractivity (Wildman–Crippen MR) is 76.7 cm³/mol. The van der Waals surface area contributed by atoms with Gasteiger partial charge in [-0.05, 0) is 13.8 Å². The quantitative estimate of drug-likeness (QED) is 0.824. The number of rotatable bonds is 1. The fourth-order valence-corrected chi connectivity index (χ4v) is 2.93. The van der Waals surface area contributed by atoms with Gasteiger partial charge < -0.3 is 5.73 Å². The normalized spacial score (nSPS) is 14.2. The van der Waals surface area contributed by atoms with Crippen molar-refractivity contribution in [1.29, 1.82) is 0 Å². The lowest BCUT2D eigenvalue weighted by Crippen LogP contribution is -2.31. The first-order chi connectivity index (χ1) is 7.33. The van der Waals surface area contributed by atoms with E-state index in [9.17, 15) is 0 Å². The lowest BCUT2D eigenvalue weighted by molar-refractivity contribution is 0.506. The number of aromatic nitrogens is 1. The Hall–Kier alpha value is -0.410. The van der Waals surface area contributed by atoms with Crippen LogP contribution in [0.4, 0.5) is 0 Å². The maximum Gasteiger partial charge on any atom is 0.0985 e. The van der Waals surface area contributed by atoms with Gasteiger partial charge in [-0.25, -0.2) is 4.98 Å². The van der Waals surface area contributed by atoms with Crippen LogP contribution in [0.5, 0.6) is 0 Å². The van der Waals surface area contributed by atoms with Crippen LogP contribution in [0.2, 0.25) is 0 Å². The molecular formula is C14H26N2S. The fourth-order valence-electron chi connectivity index (χ4n) is 1.59. The molecule has 0 bridgehead atoms. The Balaban J connectivity index is 3.44. The molecule has 1 aromatic rings. The summed E-state index contributed by atoms with van der Waals surface area (Å²) in [6.07, 6.45) is 0. The number of hydrogen-bond donors (Lipinski definition) is 1. The molecule has 1 heterocycles. The average molecular weight is 254 g/mol. The minimum Gasteiger partial charge on any atom is -0.321 e. The number of nitrogens with zero attached hydrogens (tertiary/aromatic N) is 1. The van der Waals surface area contributed by atoms with Crippen molar-refractivity contribution >= 4 is 11.3 Å². The van der Waals surface area contributed by atoms with E-state index in [2.05, 4.69) is 55.4 Å². The van der Waals surface area contributed by atoms with Crippen molar-refractivity contribution in [2.75, 3.05) is 0 Å². The van der Waals surface area contributed by atoms with Crippen LogP contribution in [0.3, 0.4) is 0 Å². The number of thiazole rings is 1. The third-order valence-electron chi connectivity index (χ3n) is 2.56. The summed E-state index contributed by atoms with van der Waals surface area (Å²) in [6, 6.07) is 0. The molecule has 98 valence electrons. The maximum absolute atomic E-state index is 6.28. The summed E-state index contributed by atoms with van der Waals surface area (Å²) < 4.78 is 0. The smallest absolute Gasteiger partial charge is 0.0985 e. The molecular weight excluding hydrogens is 228 g/mol. The van der Waals surface area contributed by atoms with E-state index in [4.69, 9.17) is 10.7 Å². The van der Waals surface area contributed by atoms with E-state index in [0.717, 1.165) is 5.69 Å². The Labute approximate surface area is 110 Å². The van der Waals surface area contributed by atoms with Crippen molar-refractivity contribution in [3.63, 3.8) is 0 Å². The largest absolute Gasteiger partial charge is 0.321 e. The van der Waals surface area contributed by atoms with Gasteiger partial charge in [0, 0.05) is 21.2 Å². The first-order valence-corrected chi connectivity index (χ1v) is 6.96. The number of hydrogen-bond acceptors (Lipinski definition) is 3. The standard InChI is InChI=1S/C14H26N2S/c1-12(2,3)9-10(14(7,8)15)17-11(16-9)13(4,5)6/h15H2,1-8H3. The Bertz CT molecular complexity index is 366. The molecule has 1 aromatic heterocycles. The predicted octanol–water partition coefficient (Wildman–Crippen LogP) is 3.93. The monoisotopic (exact) mass is 254 g/mol. The van der Waals surface area contributed by atoms with Gasteiger partial charge in [0.1, 0.15) is 0 Å². The van der Waals surface area contributed by atoms with E-state index in [1.54, 1.807) is 11.3 Å². The zero-order valence-electron chi connectivity index (χ0n) is 12.4. The van der Waals surface area contributed by atoms with E-state index in [1.165, 1.54) is 9.88 Å². The van der Waals surface area contributed by atoms with Gasteiger partial charge >= 0.3 is 0 Å². The van der Waals surface area contributed by atoms with Crippen molar-refractivity contribution in [1.82, 2.24) is 4.98 Å². The second kappa shape index (κ2) is 4.06. The Morgan fingerprint density at radius 1 is 0.882 bits per heavy atom. The molecule has 3 heteroatoms. The molecule has 0 saturated carbocycles. The summed E-state index contributed by atoms with van der Waals surface area (Å²) in [5.41, 5.74) is 7.26. The highest BCUT2D eigenvalue weighted by Gasteiger charge is 2.32. The number of nitrogens with two attached hydrogens (primary N) is 1. The first kappa shape index (κ1) is 14.7. The summed E-state index contributed by atoms with van der Waals surface area (Å²) in [4.78, 5) is 6.08. The lowest BCUT2D eigenvalue weighted by Gasteiger charge is -2.24. The van der Waals surface area contributed by atoms with Crippen LogP contribution in [0.15, 0.2) is 0 Å². The van der Waals surface area contributed by atoms with Gasteiger partial charge in [-0.15, -0.1) is 11.3 Å². The SMILES string of the molecule is CC(C)(C)c1nc(C(C)(C)C)c(C(C)(C)N)s1. The van der Waals surface area contributed by atoms with Crippen molar-refractivity contribution in [2.45, 2.75) is 71.8 Å². The zero-order chi connectivity index (χ0) is 13.6. The lowest BCUT2D eigenvalue weighted by atomic mass is 9.87. The molecule has 0 aliphatic rings. The second-order valence-corrected chi connectivity index (χ2v) is 8.42. The molecule has 0 saturated heterocycles. The van der Waals surface area contributed by atoms with Gasteiger partial charge in [0.05, 0.1) is 10.7 Å².